The Morgan fingerprint density at radius 3 is 2.25 bits per heavy atom. The van der Waals surface area contributed by atoms with E-state index in [1.165, 1.54) is 28.3 Å². The molecule has 0 aliphatic rings. The molecule has 0 aliphatic carbocycles. The minimum absolute atomic E-state index is 0.0320. The first-order valence-corrected chi connectivity index (χ1v) is 11.4. The molecule has 1 heterocycles. The molecule has 3 aromatic carbocycles. The third kappa shape index (κ3) is 5.05. The number of rotatable bonds is 4. The van der Waals surface area contributed by atoms with Gasteiger partial charge < -0.3 is 0 Å². The SMILES string of the molecule is Fc1ccc(N=c2scc(-c3ccc(Cl)cc3Cl)n2/N=C/c2ccc(Cl)cc2Cl)c(F)c1. The third-order valence-corrected chi connectivity index (χ3v) is 6.22. The average molecular weight is 529 g/mol. The highest BCUT2D eigenvalue weighted by molar-refractivity contribution is 7.07. The quantitative estimate of drug-likeness (QED) is 0.239. The molecule has 0 radical (unpaired) electrons. The van der Waals surface area contributed by atoms with E-state index in [9.17, 15) is 8.78 Å². The van der Waals surface area contributed by atoms with Crippen LogP contribution in [0.2, 0.25) is 20.1 Å². The van der Waals surface area contributed by atoms with E-state index in [0.717, 1.165) is 12.1 Å². The molecule has 0 spiro atoms. The third-order valence-electron chi connectivity index (χ3n) is 4.29. The summed E-state index contributed by atoms with van der Waals surface area (Å²) in [5.41, 5.74) is 1.82. The van der Waals surface area contributed by atoms with Crippen LogP contribution < -0.4 is 4.80 Å². The molecule has 0 saturated carbocycles. The molecule has 3 nitrogen and oxygen atoms in total. The van der Waals surface area contributed by atoms with Crippen molar-refractivity contribution in [3.05, 3.63) is 102 Å². The monoisotopic (exact) mass is 527 g/mol. The fourth-order valence-corrected chi connectivity index (χ4v) is 4.58. The van der Waals surface area contributed by atoms with E-state index >= 15 is 0 Å². The Bertz CT molecular complexity index is 1410. The van der Waals surface area contributed by atoms with Crippen LogP contribution in [0, 0.1) is 11.6 Å². The van der Waals surface area contributed by atoms with Crippen LogP contribution in [0.5, 0.6) is 0 Å². The molecule has 0 N–H and O–H groups in total. The van der Waals surface area contributed by atoms with Crippen molar-refractivity contribution < 1.29 is 8.78 Å². The lowest BCUT2D eigenvalue weighted by atomic mass is 10.2. The van der Waals surface area contributed by atoms with Gasteiger partial charge in [0.15, 0.2) is 5.82 Å². The van der Waals surface area contributed by atoms with Crippen LogP contribution in [0.4, 0.5) is 14.5 Å². The summed E-state index contributed by atoms with van der Waals surface area (Å²) in [5, 5.41) is 8.07. The minimum Gasteiger partial charge on any atom is -0.217 e. The Morgan fingerprint density at radius 2 is 1.56 bits per heavy atom. The lowest BCUT2D eigenvalue weighted by Gasteiger charge is -2.07. The molecule has 32 heavy (non-hydrogen) atoms. The summed E-state index contributed by atoms with van der Waals surface area (Å²) >= 11 is 25.8. The molecule has 10 heteroatoms. The van der Waals surface area contributed by atoms with Gasteiger partial charge in [0.05, 0.1) is 22.0 Å². The molecule has 1 aromatic heterocycles. The minimum atomic E-state index is -0.791. The second-order valence-corrected chi connectivity index (χ2v) is 8.98. The van der Waals surface area contributed by atoms with Crippen molar-refractivity contribution >= 4 is 69.6 Å². The fourth-order valence-electron chi connectivity index (χ4n) is 2.77. The predicted molar refractivity (Wildman–Crippen MR) is 129 cm³/mol. The zero-order valence-corrected chi connectivity index (χ0v) is 19.7. The van der Waals surface area contributed by atoms with Crippen LogP contribution in [-0.4, -0.2) is 10.9 Å². The highest BCUT2D eigenvalue weighted by atomic mass is 35.5. The van der Waals surface area contributed by atoms with E-state index in [0.29, 0.717) is 41.7 Å². The van der Waals surface area contributed by atoms with Crippen molar-refractivity contribution in [2.24, 2.45) is 10.1 Å². The molecular formula is C22H11Cl4F2N3S. The van der Waals surface area contributed by atoms with Crippen molar-refractivity contribution in [1.29, 1.82) is 0 Å². The van der Waals surface area contributed by atoms with E-state index in [1.807, 2.05) is 0 Å². The molecule has 0 fully saturated rings. The highest BCUT2D eigenvalue weighted by Gasteiger charge is 2.13. The number of hydrogen-bond acceptors (Lipinski definition) is 3. The zero-order valence-electron chi connectivity index (χ0n) is 15.9. The van der Waals surface area contributed by atoms with Gasteiger partial charge in [0, 0.05) is 32.6 Å². The lowest BCUT2D eigenvalue weighted by molar-refractivity contribution is 0.584. The molecule has 0 aliphatic heterocycles. The topological polar surface area (TPSA) is 29.6 Å². The maximum absolute atomic E-state index is 14.2. The first-order chi connectivity index (χ1) is 15.3. The average Bonchev–Trinajstić information content (AvgIpc) is 3.11. The fraction of sp³-hybridized carbons (Fsp3) is 0. The molecule has 0 amide bonds. The van der Waals surface area contributed by atoms with E-state index < -0.39 is 11.6 Å². The number of halogens is 6. The van der Waals surface area contributed by atoms with Gasteiger partial charge in [-0.3, -0.25) is 0 Å². The maximum atomic E-state index is 14.2. The Kier molecular flexibility index (Phi) is 6.98. The van der Waals surface area contributed by atoms with Crippen molar-refractivity contribution in [3.63, 3.8) is 0 Å². The first kappa shape index (κ1) is 23.0. The van der Waals surface area contributed by atoms with Crippen LogP contribution in [-0.2, 0) is 0 Å². The van der Waals surface area contributed by atoms with Gasteiger partial charge in [0.25, 0.3) is 0 Å². The maximum Gasteiger partial charge on any atom is 0.211 e. The molecule has 4 rings (SSSR count). The van der Waals surface area contributed by atoms with Gasteiger partial charge in [-0.05, 0) is 42.5 Å². The second-order valence-electron chi connectivity index (χ2n) is 6.46. The molecule has 4 aromatic rings. The first-order valence-electron chi connectivity index (χ1n) is 8.97. The number of aromatic nitrogens is 1. The van der Waals surface area contributed by atoms with Crippen LogP contribution in [0.3, 0.4) is 0 Å². The van der Waals surface area contributed by atoms with E-state index in [4.69, 9.17) is 46.4 Å². The zero-order chi connectivity index (χ0) is 22.8. The van der Waals surface area contributed by atoms with Crippen LogP contribution in [0.25, 0.3) is 11.3 Å². The summed E-state index contributed by atoms with van der Waals surface area (Å²) in [5.74, 6) is -1.48. The summed E-state index contributed by atoms with van der Waals surface area (Å²) < 4.78 is 29.0. The van der Waals surface area contributed by atoms with E-state index in [1.54, 1.807) is 41.8 Å². The number of hydrogen-bond donors (Lipinski definition) is 0. The van der Waals surface area contributed by atoms with Crippen molar-refractivity contribution in [1.82, 2.24) is 4.68 Å². The summed E-state index contributed by atoms with van der Waals surface area (Å²) in [7, 11) is 0. The molecule has 162 valence electrons. The highest BCUT2D eigenvalue weighted by Crippen LogP contribution is 2.31. The molecular weight excluding hydrogens is 518 g/mol. The lowest BCUT2D eigenvalue weighted by Crippen LogP contribution is -2.12. The summed E-state index contributed by atoms with van der Waals surface area (Å²) in [6.45, 7) is 0. The summed E-state index contributed by atoms with van der Waals surface area (Å²) in [6.07, 6.45) is 1.53. The van der Waals surface area contributed by atoms with Crippen LogP contribution in [0.15, 0.2) is 70.1 Å². The largest absolute Gasteiger partial charge is 0.217 e. The molecule has 0 atom stereocenters. The second kappa shape index (κ2) is 9.73. The van der Waals surface area contributed by atoms with Gasteiger partial charge in [-0.1, -0.05) is 52.5 Å². The van der Waals surface area contributed by atoms with Crippen LogP contribution in [0.1, 0.15) is 5.56 Å². The number of thiazole rings is 1. The molecule has 0 unspecified atom stereocenters. The Morgan fingerprint density at radius 1 is 0.844 bits per heavy atom. The summed E-state index contributed by atoms with van der Waals surface area (Å²) in [4.78, 5) is 4.66. The number of nitrogens with zero attached hydrogens (tertiary/aromatic N) is 3. The molecule has 0 bridgehead atoms. The van der Waals surface area contributed by atoms with Gasteiger partial charge in [-0.2, -0.15) is 5.10 Å². The smallest absolute Gasteiger partial charge is 0.211 e. The van der Waals surface area contributed by atoms with E-state index in [2.05, 4.69) is 10.1 Å². The van der Waals surface area contributed by atoms with E-state index in [-0.39, 0.29) is 5.69 Å². The number of benzene rings is 3. The van der Waals surface area contributed by atoms with Crippen molar-refractivity contribution in [2.45, 2.75) is 0 Å². The standard InChI is InChI=1S/C22H11Cl4F2N3S/c23-13-2-1-12(17(25)7-13)10-29-31-21(16-5-3-14(24)8-18(16)26)11-32-22(31)30-20-6-4-15(27)9-19(20)28/h1-11H/b29-10+,30-22?. The van der Waals surface area contributed by atoms with Gasteiger partial charge in [0.2, 0.25) is 4.80 Å². The van der Waals surface area contributed by atoms with Crippen LogP contribution >= 0.6 is 57.7 Å². The van der Waals surface area contributed by atoms with Crippen molar-refractivity contribution in [2.75, 3.05) is 0 Å². The van der Waals surface area contributed by atoms with Gasteiger partial charge in [0.1, 0.15) is 11.5 Å². The Balaban J connectivity index is 1.90. The Hall–Kier alpha value is -2.22. The van der Waals surface area contributed by atoms with Gasteiger partial charge >= 0.3 is 0 Å². The van der Waals surface area contributed by atoms with Gasteiger partial charge in [-0.15, -0.1) is 11.3 Å². The van der Waals surface area contributed by atoms with Crippen molar-refractivity contribution in [3.8, 4) is 11.3 Å². The predicted octanol–water partition coefficient (Wildman–Crippen LogP) is 8.22. The normalized spacial score (nSPS) is 12.1. The Labute approximate surface area is 205 Å². The molecule has 0 saturated heterocycles. The van der Waals surface area contributed by atoms with Gasteiger partial charge in [-0.25, -0.2) is 18.4 Å². The summed E-state index contributed by atoms with van der Waals surface area (Å²) in [6, 6.07) is 13.2.